The Morgan fingerprint density at radius 1 is 0.889 bits per heavy atom. The van der Waals surface area contributed by atoms with Gasteiger partial charge in [0.15, 0.2) is 0 Å². The molecule has 0 aliphatic heterocycles. The van der Waals surface area contributed by atoms with Crippen LogP contribution >= 0.6 is 0 Å². The fourth-order valence-electron chi connectivity index (χ4n) is 7.80. The summed E-state index contributed by atoms with van der Waals surface area (Å²) < 4.78 is 0. The van der Waals surface area contributed by atoms with Crippen LogP contribution in [0.1, 0.15) is 51.9 Å². The molecule has 7 rings (SSSR count). The Bertz CT molecular complexity index is 327. The first-order chi connectivity index (χ1) is 8.72. The highest BCUT2D eigenvalue weighted by Crippen LogP contribution is 2.74. The van der Waals surface area contributed by atoms with Gasteiger partial charge >= 0.3 is 0 Å². The van der Waals surface area contributed by atoms with E-state index in [1.165, 1.54) is 19.3 Å². The zero-order chi connectivity index (χ0) is 12.1. The van der Waals surface area contributed by atoms with Crippen LogP contribution in [-0.2, 0) is 0 Å². The lowest BCUT2D eigenvalue weighted by Gasteiger charge is -2.73. The van der Waals surface area contributed by atoms with Crippen molar-refractivity contribution in [3.05, 3.63) is 0 Å². The minimum atomic E-state index is 0.00231. The van der Waals surface area contributed by atoms with Crippen LogP contribution in [0.25, 0.3) is 0 Å². The molecule has 1 unspecified atom stereocenters. The first kappa shape index (κ1) is 10.7. The first-order valence-corrected chi connectivity index (χ1v) is 8.40. The molecule has 0 amide bonds. The van der Waals surface area contributed by atoms with E-state index >= 15 is 0 Å². The Morgan fingerprint density at radius 2 is 1.33 bits per heavy atom. The fourth-order valence-corrected chi connectivity index (χ4v) is 7.80. The molecule has 0 aromatic rings. The lowest BCUT2D eigenvalue weighted by Crippen LogP contribution is -2.67. The smallest absolute Gasteiger partial charge is 0.0594 e. The van der Waals surface area contributed by atoms with Crippen LogP contribution in [0.5, 0.6) is 0 Å². The summed E-state index contributed by atoms with van der Waals surface area (Å²) in [7, 11) is 0. The minimum absolute atomic E-state index is 0.00231. The second-order valence-electron chi connectivity index (χ2n) is 8.46. The second kappa shape index (κ2) is 3.16. The van der Waals surface area contributed by atoms with Crippen LogP contribution in [0.3, 0.4) is 0 Å². The minimum Gasteiger partial charge on any atom is -0.393 e. The standard InChI is InChI=1S/C17H26O/c1-2-16(18)17-6-13-10-3-9-4-11(13)15(8-17)12(5-9)14(10)7-17/h9-16,18H,2-8H2,1H3. The Morgan fingerprint density at radius 3 is 1.72 bits per heavy atom. The van der Waals surface area contributed by atoms with Gasteiger partial charge in [-0.15, -0.1) is 0 Å². The summed E-state index contributed by atoms with van der Waals surface area (Å²) in [5.74, 6) is 7.43. The zero-order valence-corrected chi connectivity index (χ0v) is 11.5. The predicted octanol–water partition coefficient (Wildman–Crippen LogP) is 3.47. The quantitative estimate of drug-likeness (QED) is 0.791. The molecule has 0 spiro atoms. The number of hydrogen-bond donors (Lipinski definition) is 1. The van der Waals surface area contributed by atoms with E-state index in [0.29, 0.717) is 5.41 Å². The van der Waals surface area contributed by atoms with E-state index in [-0.39, 0.29) is 6.10 Å². The Kier molecular flexibility index (Phi) is 1.88. The van der Waals surface area contributed by atoms with Gasteiger partial charge in [0, 0.05) is 0 Å². The van der Waals surface area contributed by atoms with E-state index in [2.05, 4.69) is 6.92 Å². The molecule has 7 aliphatic rings. The highest BCUT2D eigenvalue weighted by Gasteiger charge is 2.68. The van der Waals surface area contributed by atoms with Crippen LogP contribution in [-0.4, -0.2) is 11.2 Å². The summed E-state index contributed by atoms with van der Waals surface area (Å²) >= 11 is 0. The van der Waals surface area contributed by atoms with E-state index < -0.39 is 0 Å². The molecule has 0 heterocycles. The van der Waals surface area contributed by atoms with E-state index in [9.17, 15) is 5.11 Å². The summed E-state index contributed by atoms with van der Waals surface area (Å²) in [6, 6.07) is 0. The van der Waals surface area contributed by atoms with Gasteiger partial charge in [0.2, 0.25) is 0 Å². The van der Waals surface area contributed by atoms with Gasteiger partial charge in [-0.1, -0.05) is 6.92 Å². The molecule has 1 heteroatoms. The highest BCUT2D eigenvalue weighted by atomic mass is 16.3. The van der Waals surface area contributed by atoms with E-state index in [4.69, 9.17) is 0 Å². The van der Waals surface area contributed by atoms with Crippen LogP contribution in [0.4, 0.5) is 0 Å². The molecule has 1 atom stereocenters. The van der Waals surface area contributed by atoms with Crippen LogP contribution in [0.15, 0.2) is 0 Å². The van der Waals surface area contributed by atoms with Crippen molar-refractivity contribution in [2.45, 2.75) is 58.0 Å². The third-order valence-electron chi connectivity index (χ3n) is 8.14. The number of rotatable bonds is 2. The summed E-state index contributed by atoms with van der Waals surface area (Å²) in [6.07, 6.45) is 9.85. The summed E-state index contributed by atoms with van der Waals surface area (Å²) in [5.41, 5.74) is 0.364. The monoisotopic (exact) mass is 246 g/mol. The topological polar surface area (TPSA) is 20.2 Å². The van der Waals surface area contributed by atoms with Gasteiger partial charge in [-0.3, -0.25) is 0 Å². The van der Waals surface area contributed by atoms with E-state index in [1.807, 2.05) is 0 Å². The van der Waals surface area contributed by atoms with Gasteiger partial charge in [0.1, 0.15) is 0 Å². The molecule has 7 fully saturated rings. The predicted molar refractivity (Wildman–Crippen MR) is 70.9 cm³/mol. The van der Waals surface area contributed by atoms with Crippen molar-refractivity contribution in [2.75, 3.05) is 0 Å². The zero-order valence-electron chi connectivity index (χ0n) is 11.5. The normalized spacial score (nSPS) is 64.7. The lowest BCUT2D eigenvalue weighted by molar-refractivity contribution is -0.252. The maximum Gasteiger partial charge on any atom is 0.0594 e. The van der Waals surface area contributed by atoms with Crippen LogP contribution in [0, 0.1) is 46.8 Å². The third kappa shape index (κ3) is 1.03. The summed E-state index contributed by atoms with van der Waals surface area (Å²) in [5, 5.41) is 10.6. The molecule has 1 nitrogen and oxygen atoms in total. The van der Waals surface area contributed by atoms with Crippen molar-refractivity contribution in [1.82, 2.24) is 0 Å². The molecule has 7 saturated carbocycles. The SMILES string of the molecule is CCC(O)C12CC3C4CC5CC3C(C1)C(C5)C4C2. The molecule has 1 N–H and O–H groups in total. The molecule has 0 radical (unpaired) electrons. The Balaban J connectivity index is 1.59. The van der Waals surface area contributed by atoms with Crippen molar-refractivity contribution in [1.29, 1.82) is 0 Å². The number of aliphatic hydroxyl groups excluding tert-OH is 1. The highest BCUT2D eigenvalue weighted by molar-refractivity contribution is 5.17. The number of aliphatic hydroxyl groups is 1. The van der Waals surface area contributed by atoms with Gasteiger partial charge in [0.05, 0.1) is 6.10 Å². The van der Waals surface area contributed by atoms with Crippen molar-refractivity contribution in [3.8, 4) is 0 Å². The molecular formula is C17H26O. The molecular weight excluding hydrogens is 220 g/mol. The summed E-state index contributed by atoms with van der Waals surface area (Å²) in [6.45, 7) is 2.18. The fraction of sp³-hybridized carbons (Fsp3) is 1.00. The van der Waals surface area contributed by atoms with Gasteiger partial charge in [-0.25, -0.2) is 0 Å². The van der Waals surface area contributed by atoms with Crippen molar-refractivity contribution in [3.63, 3.8) is 0 Å². The van der Waals surface area contributed by atoms with Crippen LogP contribution in [0.2, 0.25) is 0 Å². The van der Waals surface area contributed by atoms with Crippen molar-refractivity contribution < 1.29 is 5.11 Å². The first-order valence-electron chi connectivity index (χ1n) is 8.40. The third-order valence-corrected chi connectivity index (χ3v) is 8.14. The van der Waals surface area contributed by atoms with Gasteiger partial charge in [-0.05, 0) is 91.8 Å². The maximum atomic E-state index is 10.6. The summed E-state index contributed by atoms with van der Waals surface area (Å²) in [4.78, 5) is 0. The second-order valence-corrected chi connectivity index (χ2v) is 8.46. The maximum absolute atomic E-state index is 10.6. The van der Waals surface area contributed by atoms with Gasteiger partial charge in [0.25, 0.3) is 0 Å². The Hall–Kier alpha value is -0.0400. The van der Waals surface area contributed by atoms with Gasteiger partial charge < -0.3 is 5.11 Å². The molecule has 18 heavy (non-hydrogen) atoms. The largest absolute Gasteiger partial charge is 0.393 e. The van der Waals surface area contributed by atoms with E-state index in [1.54, 1.807) is 19.3 Å². The van der Waals surface area contributed by atoms with Crippen molar-refractivity contribution >= 4 is 0 Å². The average molecular weight is 246 g/mol. The molecule has 7 aliphatic carbocycles. The van der Waals surface area contributed by atoms with Crippen molar-refractivity contribution in [2.24, 2.45) is 46.8 Å². The van der Waals surface area contributed by atoms with E-state index in [0.717, 1.165) is 47.8 Å². The molecule has 100 valence electrons. The lowest BCUT2D eigenvalue weighted by atomic mass is 9.32. The van der Waals surface area contributed by atoms with Gasteiger partial charge in [-0.2, -0.15) is 0 Å². The molecule has 0 saturated heterocycles. The number of hydrogen-bond acceptors (Lipinski definition) is 1. The Labute approximate surface area is 110 Å². The average Bonchev–Trinajstić information content (AvgIpc) is 2.42. The molecule has 8 bridgehead atoms. The molecule has 0 aromatic carbocycles. The van der Waals surface area contributed by atoms with Crippen LogP contribution < -0.4 is 0 Å². The molecule has 0 aromatic heterocycles.